The summed E-state index contributed by atoms with van der Waals surface area (Å²) in [6.07, 6.45) is 14.5. The van der Waals surface area contributed by atoms with E-state index in [-0.39, 0.29) is 30.6 Å². The average Bonchev–Trinajstić information content (AvgIpc) is 3.55. The number of carbonyl (C=O) groups is 2. The number of rotatable bonds is 19. The smallest absolute Gasteiger partial charge is 0.320 e. The Labute approximate surface area is 277 Å². The van der Waals surface area contributed by atoms with Crippen LogP contribution in [-0.4, -0.2) is 79.6 Å². The van der Waals surface area contributed by atoms with Crippen molar-refractivity contribution in [2.45, 2.75) is 115 Å². The number of anilines is 2. The zero-order valence-corrected chi connectivity index (χ0v) is 27.5. The summed E-state index contributed by atoms with van der Waals surface area (Å²) in [6, 6.07) is 7.85. The highest BCUT2D eigenvalue weighted by Crippen LogP contribution is 2.30. The number of fused-ring (bicyclic) bond motifs is 1. The van der Waals surface area contributed by atoms with Gasteiger partial charge in [-0.3, -0.25) is 14.3 Å². The standard InChI is InChI=1S/C34H52N10O3/c35-29(33(46)47)16-17-31(45)24-12-14-26(15-13-24)39-32-28-10-4-5-11-30(28)40-34(41-32)38-22-27-23-44(43-42-27)21-7-19-36-18-6-20-37-25-8-2-1-3-9-25/h4-5,10-11,23-26,29,36-37H,1-3,6-9,12-22,35H2,(H,46,47)(H2,38,39,40,41)/t24?,26?,29-/m1/s1. The van der Waals surface area contributed by atoms with Gasteiger partial charge in [0.1, 0.15) is 23.3 Å². The van der Waals surface area contributed by atoms with Crippen LogP contribution in [0.25, 0.3) is 10.9 Å². The van der Waals surface area contributed by atoms with Crippen molar-refractivity contribution >= 4 is 34.4 Å². The lowest BCUT2D eigenvalue weighted by molar-refractivity contribution is -0.138. The molecule has 13 heteroatoms. The number of benzene rings is 1. The van der Waals surface area contributed by atoms with Crippen LogP contribution in [0.3, 0.4) is 0 Å². The third kappa shape index (κ3) is 10.9. The number of ketones is 1. The molecule has 47 heavy (non-hydrogen) atoms. The Balaban J connectivity index is 1.03. The first kappa shape index (κ1) is 34.6. The summed E-state index contributed by atoms with van der Waals surface area (Å²) >= 11 is 0. The van der Waals surface area contributed by atoms with Gasteiger partial charge in [-0.15, -0.1) is 5.10 Å². The fourth-order valence-electron chi connectivity index (χ4n) is 6.66. The second-order valence-electron chi connectivity index (χ2n) is 13.1. The Bertz CT molecular complexity index is 1420. The highest BCUT2D eigenvalue weighted by atomic mass is 16.4. The Morgan fingerprint density at radius 3 is 2.55 bits per heavy atom. The molecule has 2 heterocycles. The van der Waals surface area contributed by atoms with Gasteiger partial charge in [-0.05, 0) is 89.6 Å². The summed E-state index contributed by atoms with van der Waals surface area (Å²) in [5.74, 6) is 0.282. The average molecular weight is 649 g/mol. The van der Waals surface area contributed by atoms with Gasteiger partial charge in [0, 0.05) is 36.4 Å². The quantitative estimate of drug-likeness (QED) is 0.103. The van der Waals surface area contributed by atoms with Crippen molar-refractivity contribution in [3.05, 3.63) is 36.2 Å². The van der Waals surface area contributed by atoms with Crippen LogP contribution in [0.1, 0.15) is 89.2 Å². The van der Waals surface area contributed by atoms with Gasteiger partial charge < -0.3 is 32.1 Å². The molecule has 2 aliphatic rings. The minimum Gasteiger partial charge on any atom is -0.480 e. The first-order chi connectivity index (χ1) is 22.9. The van der Waals surface area contributed by atoms with E-state index in [1.807, 2.05) is 35.1 Å². The number of aromatic nitrogens is 5. The van der Waals surface area contributed by atoms with Gasteiger partial charge in [0.2, 0.25) is 5.95 Å². The molecule has 0 bridgehead atoms. The Morgan fingerprint density at radius 1 is 0.957 bits per heavy atom. The highest BCUT2D eigenvalue weighted by Gasteiger charge is 2.27. The number of aliphatic carboxylic acids is 1. The van der Waals surface area contributed by atoms with Crippen LogP contribution in [0.5, 0.6) is 0 Å². The topological polar surface area (TPSA) is 185 Å². The molecule has 0 amide bonds. The molecule has 7 N–H and O–H groups in total. The monoisotopic (exact) mass is 648 g/mol. The SMILES string of the molecule is N[C@H](CCC(=O)C1CCC(Nc2nc(NCc3cn(CCCNCCCNC4CCCCC4)nn3)nc3ccccc23)CC1)C(=O)O. The maximum absolute atomic E-state index is 12.6. The summed E-state index contributed by atoms with van der Waals surface area (Å²) < 4.78 is 1.89. The third-order valence-electron chi connectivity index (χ3n) is 9.47. The van der Waals surface area contributed by atoms with E-state index < -0.39 is 12.0 Å². The van der Waals surface area contributed by atoms with Gasteiger partial charge in [0.15, 0.2) is 0 Å². The number of Topliss-reactive ketones (excluding diaryl/α,β-unsaturated/α-hetero) is 1. The van der Waals surface area contributed by atoms with E-state index in [1.165, 1.54) is 32.1 Å². The van der Waals surface area contributed by atoms with Crippen LogP contribution < -0.4 is 27.0 Å². The zero-order chi connectivity index (χ0) is 32.8. The van der Waals surface area contributed by atoms with Gasteiger partial charge in [-0.1, -0.05) is 36.6 Å². The summed E-state index contributed by atoms with van der Waals surface area (Å²) in [4.78, 5) is 33.2. The fraction of sp³-hybridized carbons (Fsp3) is 0.647. The number of aryl methyl sites for hydroxylation is 1. The van der Waals surface area contributed by atoms with E-state index in [4.69, 9.17) is 20.8 Å². The fourth-order valence-corrected chi connectivity index (χ4v) is 6.66. The molecule has 0 spiro atoms. The van der Waals surface area contributed by atoms with Crippen LogP contribution >= 0.6 is 0 Å². The Kier molecular flexibility index (Phi) is 13.3. The first-order valence-electron chi connectivity index (χ1n) is 17.6. The maximum atomic E-state index is 12.6. The molecule has 2 aliphatic carbocycles. The van der Waals surface area contributed by atoms with Crippen LogP contribution in [0.2, 0.25) is 0 Å². The van der Waals surface area contributed by atoms with Crippen LogP contribution in [0, 0.1) is 5.92 Å². The maximum Gasteiger partial charge on any atom is 0.320 e. The van der Waals surface area contributed by atoms with Gasteiger partial charge in [0.25, 0.3) is 0 Å². The number of hydrogen-bond donors (Lipinski definition) is 6. The largest absolute Gasteiger partial charge is 0.480 e. The van der Waals surface area contributed by atoms with E-state index >= 15 is 0 Å². The van der Waals surface area contributed by atoms with Crippen molar-refractivity contribution in [3.8, 4) is 0 Å². The van der Waals surface area contributed by atoms with Crippen molar-refractivity contribution in [1.82, 2.24) is 35.6 Å². The van der Waals surface area contributed by atoms with Crippen molar-refractivity contribution in [3.63, 3.8) is 0 Å². The molecule has 13 nitrogen and oxygen atoms in total. The van der Waals surface area contributed by atoms with E-state index in [1.54, 1.807) is 0 Å². The minimum atomic E-state index is -1.06. The lowest BCUT2D eigenvalue weighted by Crippen LogP contribution is -2.33. The molecule has 0 radical (unpaired) electrons. The highest BCUT2D eigenvalue weighted by molar-refractivity contribution is 5.90. The lowest BCUT2D eigenvalue weighted by Gasteiger charge is -2.29. The number of nitrogens with zero attached hydrogens (tertiary/aromatic N) is 5. The van der Waals surface area contributed by atoms with Gasteiger partial charge in [-0.2, -0.15) is 4.98 Å². The van der Waals surface area contributed by atoms with Gasteiger partial charge in [-0.25, -0.2) is 4.98 Å². The molecule has 0 saturated heterocycles. The van der Waals surface area contributed by atoms with Crippen molar-refractivity contribution in [1.29, 1.82) is 0 Å². The first-order valence-corrected chi connectivity index (χ1v) is 17.6. The summed E-state index contributed by atoms with van der Waals surface area (Å²) in [6.45, 7) is 4.35. The van der Waals surface area contributed by atoms with Crippen molar-refractivity contribution in [2.24, 2.45) is 11.7 Å². The summed E-state index contributed by atoms with van der Waals surface area (Å²) in [5, 5.41) is 32.7. The molecule has 3 aromatic rings. The number of carboxylic acid groups (broad SMARTS) is 1. The van der Waals surface area contributed by atoms with Gasteiger partial charge in [0.05, 0.1) is 18.3 Å². The van der Waals surface area contributed by atoms with E-state index in [2.05, 4.69) is 31.6 Å². The molecule has 2 aromatic heterocycles. The van der Waals surface area contributed by atoms with Gasteiger partial charge >= 0.3 is 5.97 Å². The molecule has 1 atom stereocenters. The number of carbonyl (C=O) groups excluding carboxylic acids is 1. The summed E-state index contributed by atoms with van der Waals surface area (Å²) in [7, 11) is 0. The molecule has 2 fully saturated rings. The van der Waals surface area contributed by atoms with E-state index in [0.29, 0.717) is 12.5 Å². The molecule has 2 saturated carbocycles. The predicted octanol–water partition coefficient (Wildman–Crippen LogP) is 3.86. The molecular weight excluding hydrogens is 596 g/mol. The molecule has 1 aromatic carbocycles. The lowest BCUT2D eigenvalue weighted by atomic mass is 9.82. The van der Waals surface area contributed by atoms with Crippen LogP contribution in [0.4, 0.5) is 11.8 Å². The molecule has 256 valence electrons. The number of hydrogen-bond acceptors (Lipinski definition) is 11. The van der Waals surface area contributed by atoms with Crippen molar-refractivity contribution in [2.75, 3.05) is 30.3 Å². The number of nitrogens with two attached hydrogens (primary N) is 1. The predicted molar refractivity (Wildman–Crippen MR) is 183 cm³/mol. The number of para-hydroxylation sites is 1. The second-order valence-corrected chi connectivity index (χ2v) is 13.1. The molecule has 0 unspecified atom stereocenters. The van der Waals surface area contributed by atoms with Crippen LogP contribution in [-0.2, 0) is 22.7 Å². The summed E-state index contributed by atoms with van der Waals surface area (Å²) in [5.41, 5.74) is 7.24. The van der Waals surface area contributed by atoms with Crippen molar-refractivity contribution < 1.29 is 14.7 Å². The Hall–Kier alpha value is -3.68. The second kappa shape index (κ2) is 18.0. The number of carboxylic acids is 1. The Morgan fingerprint density at radius 2 is 1.74 bits per heavy atom. The van der Waals surface area contributed by atoms with Crippen LogP contribution in [0.15, 0.2) is 30.5 Å². The molecule has 5 rings (SSSR count). The normalized spacial score (nSPS) is 19.4. The zero-order valence-electron chi connectivity index (χ0n) is 27.5. The molecular formula is C34H52N10O3. The number of nitrogens with one attached hydrogen (secondary N) is 4. The minimum absolute atomic E-state index is 0.0451. The molecule has 0 aliphatic heterocycles. The van der Waals surface area contributed by atoms with E-state index in [9.17, 15) is 9.59 Å². The third-order valence-corrected chi connectivity index (χ3v) is 9.47. The van der Waals surface area contributed by atoms with E-state index in [0.717, 1.165) is 93.2 Å².